The van der Waals surface area contributed by atoms with Crippen LogP contribution in [-0.4, -0.2) is 24.1 Å². The molecule has 0 amide bonds. The van der Waals surface area contributed by atoms with Gasteiger partial charge < -0.3 is 10.0 Å². The zero-order valence-electron chi connectivity index (χ0n) is 12.0. The van der Waals surface area contributed by atoms with Crippen molar-refractivity contribution in [3.8, 4) is 0 Å². The van der Waals surface area contributed by atoms with Gasteiger partial charge in [-0.1, -0.05) is 41.6 Å². The zero-order chi connectivity index (χ0) is 14.5. The fraction of sp³-hybridized carbons (Fsp3) is 0.250. The Morgan fingerprint density at radius 2 is 1.71 bits per heavy atom. The van der Waals surface area contributed by atoms with Gasteiger partial charge >= 0.3 is 0 Å². The second-order valence-corrected chi connectivity index (χ2v) is 6.38. The van der Waals surface area contributed by atoms with Crippen molar-refractivity contribution in [1.82, 2.24) is 4.90 Å². The van der Waals surface area contributed by atoms with Gasteiger partial charge in [-0.3, -0.25) is 0 Å². The quantitative estimate of drug-likeness (QED) is 0.866. The fourth-order valence-electron chi connectivity index (χ4n) is 1.96. The molecule has 21 heavy (non-hydrogen) atoms. The molecule has 0 atom stereocenters. The van der Waals surface area contributed by atoms with E-state index in [1.54, 1.807) is 11.8 Å². The number of hydrogen-bond acceptors (Lipinski definition) is 3. The molecule has 0 bridgehead atoms. The minimum Gasteiger partial charge on any atom is -0.392 e. The molecule has 2 rings (SSSR count). The molecule has 2 aromatic rings. The van der Waals surface area contributed by atoms with Crippen molar-refractivity contribution in [2.75, 3.05) is 14.1 Å². The lowest BCUT2D eigenvalue weighted by atomic mass is 10.2. The summed E-state index contributed by atoms with van der Waals surface area (Å²) in [4.78, 5) is 4.37. The number of nitrogens with zero attached hydrogens (tertiary/aromatic N) is 1. The highest BCUT2D eigenvalue weighted by atomic mass is 35.5. The van der Waals surface area contributed by atoms with Crippen LogP contribution in [-0.2, 0) is 13.2 Å². The van der Waals surface area contributed by atoms with Crippen LogP contribution in [0, 0.1) is 0 Å². The van der Waals surface area contributed by atoms with Gasteiger partial charge in [-0.2, -0.15) is 0 Å². The molecular formula is C16H19Cl2NOS. The van der Waals surface area contributed by atoms with Gasteiger partial charge in [0.25, 0.3) is 0 Å². The van der Waals surface area contributed by atoms with E-state index in [1.165, 1.54) is 10.5 Å². The molecule has 0 saturated heterocycles. The van der Waals surface area contributed by atoms with E-state index in [-0.39, 0.29) is 19.0 Å². The molecule has 0 unspecified atom stereocenters. The molecule has 0 spiro atoms. The lowest BCUT2D eigenvalue weighted by Gasteiger charge is -2.15. The Morgan fingerprint density at radius 3 is 2.38 bits per heavy atom. The number of aliphatic hydroxyl groups is 1. The predicted molar refractivity (Wildman–Crippen MR) is 92.6 cm³/mol. The first-order valence-electron chi connectivity index (χ1n) is 6.40. The minimum atomic E-state index is 0. The van der Waals surface area contributed by atoms with E-state index in [2.05, 4.69) is 4.90 Å². The maximum absolute atomic E-state index is 9.41. The third-order valence-electron chi connectivity index (χ3n) is 2.87. The minimum absolute atomic E-state index is 0. The first kappa shape index (κ1) is 18.3. The van der Waals surface area contributed by atoms with Crippen molar-refractivity contribution in [2.24, 2.45) is 0 Å². The summed E-state index contributed by atoms with van der Waals surface area (Å²) in [7, 11) is 4.08. The molecule has 5 heteroatoms. The van der Waals surface area contributed by atoms with E-state index in [1.807, 2.05) is 56.6 Å². The molecule has 0 aliphatic rings. The van der Waals surface area contributed by atoms with Gasteiger partial charge in [-0.05, 0) is 49.5 Å². The van der Waals surface area contributed by atoms with Gasteiger partial charge in [0, 0.05) is 21.4 Å². The Bertz CT molecular complexity index is 590. The number of halogens is 2. The zero-order valence-corrected chi connectivity index (χ0v) is 14.4. The first-order chi connectivity index (χ1) is 9.60. The Balaban J connectivity index is 0.00000220. The lowest BCUT2D eigenvalue weighted by molar-refractivity contribution is 0.279. The summed E-state index contributed by atoms with van der Waals surface area (Å²) in [6.45, 7) is 0.893. The van der Waals surface area contributed by atoms with Crippen LogP contribution in [0.5, 0.6) is 0 Å². The Labute approximate surface area is 141 Å². The number of aliphatic hydroxyl groups excluding tert-OH is 1. The van der Waals surface area contributed by atoms with Crippen LogP contribution in [0.25, 0.3) is 0 Å². The van der Waals surface area contributed by atoms with Crippen LogP contribution in [0.15, 0.2) is 52.3 Å². The largest absolute Gasteiger partial charge is 0.392 e. The van der Waals surface area contributed by atoms with Gasteiger partial charge in [-0.15, -0.1) is 12.4 Å². The van der Waals surface area contributed by atoms with Crippen molar-refractivity contribution >= 4 is 35.8 Å². The van der Waals surface area contributed by atoms with Crippen molar-refractivity contribution in [3.05, 3.63) is 58.6 Å². The number of benzene rings is 2. The maximum atomic E-state index is 9.41. The Hall–Kier alpha value is -0.710. The van der Waals surface area contributed by atoms with Crippen molar-refractivity contribution in [3.63, 3.8) is 0 Å². The third-order valence-corrected chi connectivity index (χ3v) is 4.34. The van der Waals surface area contributed by atoms with E-state index in [4.69, 9.17) is 11.6 Å². The van der Waals surface area contributed by atoms with Crippen LogP contribution in [0.1, 0.15) is 11.1 Å². The molecule has 0 fully saturated rings. The van der Waals surface area contributed by atoms with Crippen molar-refractivity contribution in [1.29, 1.82) is 0 Å². The summed E-state index contributed by atoms with van der Waals surface area (Å²) >= 11 is 7.76. The van der Waals surface area contributed by atoms with E-state index >= 15 is 0 Å². The van der Waals surface area contributed by atoms with E-state index < -0.39 is 0 Å². The van der Waals surface area contributed by atoms with Crippen LogP contribution in [0.4, 0.5) is 0 Å². The second-order valence-electron chi connectivity index (χ2n) is 4.86. The monoisotopic (exact) mass is 343 g/mol. The maximum Gasteiger partial charge on any atom is 0.0692 e. The number of hydrogen-bond donors (Lipinski definition) is 1. The SMILES string of the molecule is CN(C)Cc1cc(Cl)ccc1Sc1ccccc1CO.Cl. The van der Waals surface area contributed by atoms with Crippen molar-refractivity contribution in [2.45, 2.75) is 22.9 Å². The van der Waals surface area contributed by atoms with Crippen LogP contribution in [0.3, 0.4) is 0 Å². The highest BCUT2D eigenvalue weighted by molar-refractivity contribution is 7.99. The molecule has 2 aromatic carbocycles. The molecule has 2 nitrogen and oxygen atoms in total. The summed E-state index contributed by atoms with van der Waals surface area (Å²) in [6.07, 6.45) is 0. The summed E-state index contributed by atoms with van der Waals surface area (Å²) in [6, 6.07) is 13.9. The smallest absolute Gasteiger partial charge is 0.0692 e. The summed E-state index contributed by atoms with van der Waals surface area (Å²) in [5.41, 5.74) is 2.14. The van der Waals surface area contributed by atoms with E-state index in [9.17, 15) is 5.11 Å². The molecule has 114 valence electrons. The molecule has 0 aromatic heterocycles. The van der Waals surface area contributed by atoms with Crippen molar-refractivity contribution < 1.29 is 5.11 Å². The average molecular weight is 344 g/mol. The number of rotatable bonds is 5. The van der Waals surface area contributed by atoms with Gasteiger partial charge in [-0.25, -0.2) is 0 Å². The molecule has 1 N–H and O–H groups in total. The van der Waals surface area contributed by atoms with Crippen LogP contribution < -0.4 is 0 Å². The second kappa shape index (κ2) is 8.66. The Kier molecular flexibility index (Phi) is 7.57. The third kappa shape index (κ3) is 5.20. The van der Waals surface area contributed by atoms with Gasteiger partial charge in [0.05, 0.1) is 6.61 Å². The van der Waals surface area contributed by atoms with E-state index in [0.29, 0.717) is 0 Å². The topological polar surface area (TPSA) is 23.5 Å². The molecule has 0 saturated carbocycles. The normalized spacial score (nSPS) is 10.5. The lowest BCUT2D eigenvalue weighted by Crippen LogP contribution is -2.11. The predicted octanol–water partition coefficient (Wildman–Crippen LogP) is 4.47. The first-order valence-corrected chi connectivity index (χ1v) is 7.59. The molecule has 0 aliphatic heterocycles. The molecule has 0 heterocycles. The van der Waals surface area contributed by atoms with E-state index in [0.717, 1.165) is 22.0 Å². The molecular weight excluding hydrogens is 325 g/mol. The van der Waals surface area contributed by atoms with Gasteiger partial charge in [0.15, 0.2) is 0 Å². The highest BCUT2D eigenvalue weighted by Crippen LogP contribution is 2.34. The standard InChI is InChI=1S/C16H18ClNOS.ClH/c1-18(2)10-13-9-14(17)7-8-16(13)20-15-6-4-3-5-12(15)11-19;/h3-9,19H,10-11H2,1-2H3;1H. The van der Waals surface area contributed by atoms with Crippen LogP contribution in [0.2, 0.25) is 5.02 Å². The van der Waals surface area contributed by atoms with Gasteiger partial charge in [0.2, 0.25) is 0 Å². The summed E-state index contributed by atoms with van der Waals surface area (Å²) in [5.74, 6) is 0. The van der Waals surface area contributed by atoms with Crippen LogP contribution >= 0.6 is 35.8 Å². The summed E-state index contributed by atoms with van der Waals surface area (Å²) < 4.78 is 0. The molecule has 0 aliphatic carbocycles. The van der Waals surface area contributed by atoms with Gasteiger partial charge in [0.1, 0.15) is 0 Å². The fourth-order valence-corrected chi connectivity index (χ4v) is 3.20. The Morgan fingerprint density at radius 1 is 1.05 bits per heavy atom. The molecule has 0 radical (unpaired) electrons. The summed E-state index contributed by atoms with van der Waals surface area (Å²) in [5, 5.41) is 10.2. The highest BCUT2D eigenvalue weighted by Gasteiger charge is 2.09. The average Bonchev–Trinajstić information content (AvgIpc) is 2.42.